The van der Waals surface area contributed by atoms with E-state index in [1.807, 2.05) is 27.7 Å². The lowest BCUT2D eigenvalue weighted by Crippen LogP contribution is -2.19. The van der Waals surface area contributed by atoms with Crippen molar-refractivity contribution >= 4 is 5.97 Å². The van der Waals surface area contributed by atoms with E-state index >= 15 is 0 Å². The van der Waals surface area contributed by atoms with Crippen LogP contribution in [0, 0.1) is 11.3 Å². The second-order valence-corrected chi connectivity index (χ2v) is 4.51. The molecule has 2 heteroatoms. The molecule has 0 aromatic heterocycles. The standard InChI is InChI=1S/C10H18O2.2C2H6/c1-4-8-5-9(11)12-7-10(2,3)6-8;2*1-2/h8H,4-7H2,1-3H3;2*1-2H3. The van der Waals surface area contributed by atoms with Crippen molar-refractivity contribution in [2.45, 2.75) is 67.7 Å². The molecule has 1 atom stereocenters. The van der Waals surface area contributed by atoms with Gasteiger partial charge in [-0.3, -0.25) is 4.79 Å². The minimum Gasteiger partial charge on any atom is -0.465 e. The van der Waals surface area contributed by atoms with Crippen LogP contribution in [0.15, 0.2) is 0 Å². The van der Waals surface area contributed by atoms with E-state index in [-0.39, 0.29) is 11.4 Å². The first-order chi connectivity index (χ1) is 7.53. The predicted molar refractivity (Wildman–Crippen MR) is 70.5 cm³/mol. The van der Waals surface area contributed by atoms with Crippen molar-refractivity contribution in [1.29, 1.82) is 0 Å². The number of rotatable bonds is 1. The van der Waals surface area contributed by atoms with Crippen molar-refractivity contribution in [1.82, 2.24) is 0 Å². The lowest BCUT2D eigenvalue weighted by Gasteiger charge is -2.23. The summed E-state index contributed by atoms with van der Waals surface area (Å²) in [5, 5.41) is 0. The number of ether oxygens (including phenoxy) is 1. The summed E-state index contributed by atoms with van der Waals surface area (Å²) in [7, 11) is 0. The van der Waals surface area contributed by atoms with Gasteiger partial charge >= 0.3 is 5.97 Å². The maximum absolute atomic E-state index is 11.1. The quantitative estimate of drug-likeness (QED) is 0.623. The Morgan fingerprint density at radius 3 is 2.19 bits per heavy atom. The van der Waals surface area contributed by atoms with Crippen LogP contribution in [-0.2, 0) is 9.53 Å². The van der Waals surface area contributed by atoms with Gasteiger partial charge in [0, 0.05) is 6.42 Å². The minimum atomic E-state index is -0.0209. The Hall–Kier alpha value is -0.530. The summed E-state index contributed by atoms with van der Waals surface area (Å²) in [6, 6.07) is 0. The molecule has 0 N–H and O–H groups in total. The molecule has 16 heavy (non-hydrogen) atoms. The Morgan fingerprint density at radius 2 is 1.75 bits per heavy atom. The van der Waals surface area contributed by atoms with Gasteiger partial charge in [-0.1, -0.05) is 54.9 Å². The third-order valence-electron chi connectivity index (χ3n) is 2.50. The fourth-order valence-corrected chi connectivity index (χ4v) is 1.77. The van der Waals surface area contributed by atoms with E-state index in [0.717, 1.165) is 12.8 Å². The Bertz CT molecular complexity index is 174. The summed E-state index contributed by atoms with van der Waals surface area (Å²) in [6.07, 6.45) is 2.80. The second-order valence-electron chi connectivity index (χ2n) is 4.51. The highest BCUT2D eigenvalue weighted by molar-refractivity contribution is 5.70. The van der Waals surface area contributed by atoms with Crippen LogP contribution in [0.2, 0.25) is 0 Å². The maximum Gasteiger partial charge on any atom is 0.306 e. The fraction of sp³-hybridized carbons (Fsp3) is 0.929. The molecule has 0 saturated carbocycles. The molecule has 0 aliphatic carbocycles. The molecule has 1 heterocycles. The molecule has 1 saturated heterocycles. The summed E-state index contributed by atoms with van der Waals surface area (Å²) in [6.45, 7) is 15.0. The molecule has 0 radical (unpaired) electrons. The SMILES string of the molecule is CC.CC.CCC1CC(=O)OCC(C)(C)C1. The zero-order chi connectivity index (χ0) is 13.2. The van der Waals surface area contributed by atoms with Crippen LogP contribution in [0.3, 0.4) is 0 Å². The zero-order valence-electron chi connectivity index (χ0n) is 12.2. The van der Waals surface area contributed by atoms with Gasteiger partial charge in [0.25, 0.3) is 0 Å². The van der Waals surface area contributed by atoms with Gasteiger partial charge in [0.1, 0.15) is 0 Å². The van der Waals surface area contributed by atoms with E-state index in [9.17, 15) is 4.79 Å². The number of carbonyl (C=O) groups excluding carboxylic acids is 1. The van der Waals surface area contributed by atoms with Crippen molar-refractivity contribution in [3.05, 3.63) is 0 Å². The summed E-state index contributed by atoms with van der Waals surface area (Å²) >= 11 is 0. The van der Waals surface area contributed by atoms with Gasteiger partial charge in [0.2, 0.25) is 0 Å². The third kappa shape index (κ3) is 7.72. The Kier molecular flexibility index (Phi) is 10.8. The van der Waals surface area contributed by atoms with Crippen molar-refractivity contribution in [2.24, 2.45) is 11.3 Å². The van der Waals surface area contributed by atoms with Crippen LogP contribution in [0.1, 0.15) is 67.7 Å². The van der Waals surface area contributed by atoms with Crippen LogP contribution in [0.5, 0.6) is 0 Å². The third-order valence-corrected chi connectivity index (χ3v) is 2.50. The minimum absolute atomic E-state index is 0.0209. The lowest BCUT2D eigenvalue weighted by molar-refractivity contribution is -0.145. The normalized spacial score (nSPS) is 22.7. The number of carbonyl (C=O) groups is 1. The average Bonchev–Trinajstić information content (AvgIpc) is 2.43. The molecule has 1 aliphatic rings. The predicted octanol–water partition coefficient (Wildman–Crippen LogP) is 4.43. The van der Waals surface area contributed by atoms with Gasteiger partial charge < -0.3 is 4.74 Å². The molecule has 98 valence electrons. The first kappa shape index (κ1) is 17.9. The highest BCUT2D eigenvalue weighted by Gasteiger charge is 2.29. The molecular weight excluding hydrogens is 200 g/mol. The van der Waals surface area contributed by atoms with E-state index in [2.05, 4.69) is 20.8 Å². The number of esters is 1. The molecule has 1 fully saturated rings. The van der Waals surface area contributed by atoms with E-state index in [0.29, 0.717) is 18.9 Å². The molecule has 1 rings (SSSR count). The molecule has 2 nitrogen and oxygen atoms in total. The largest absolute Gasteiger partial charge is 0.465 e. The molecule has 1 aliphatic heterocycles. The first-order valence-electron chi connectivity index (χ1n) is 6.69. The number of hydrogen-bond acceptors (Lipinski definition) is 2. The first-order valence-corrected chi connectivity index (χ1v) is 6.69. The van der Waals surface area contributed by atoms with Gasteiger partial charge in [-0.15, -0.1) is 0 Å². The summed E-state index contributed by atoms with van der Waals surface area (Å²) < 4.78 is 5.11. The molecular formula is C14H30O2. The summed E-state index contributed by atoms with van der Waals surface area (Å²) in [4.78, 5) is 11.1. The molecule has 1 unspecified atom stereocenters. The summed E-state index contributed by atoms with van der Waals surface area (Å²) in [5.74, 6) is 0.502. The van der Waals surface area contributed by atoms with Crippen molar-refractivity contribution in [2.75, 3.05) is 6.61 Å². The highest BCUT2D eigenvalue weighted by atomic mass is 16.5. The van der Waals surface area contributed by atoms with Crippen molar-refractivity contribution in [3.63, 3.8) is 0 Å². The van der Waals surface area contributed by atoms with Crippen molar-refractivity contribution in [3.8, 4) is 0 Å². The second kappa shape index (κ2) is 9.68. The smallest absolute Gasteiger partial charge is 0.306 e. The van der Waals surface area contributed by atoms with Crippen LogP contribution < -0.4 is 0 Å². The Balaban J connectivity index is 0. The van der Waals surface area contributed by atoms with Gasteiger partial charge in [0.05, 0.1) is 6.61 Å². The van der Waals surface area contributed by atoms with Gasteiger partial charge in [-0.05, 0) is 17.8 Å². The van der Waals surface area contributed by atoms with Gasteiger partial charge in [-0.2, -0.15) is 0 Å². The highest BCUT2D eigenvalue weighted by Crippen LogP contribution is 2.32. The Labute approximate surface area is 102 Å². The maximum atomic E-state index is 11.1. The molecule has 0 amide bonds. The number of cyclic esters (lactones) is 1. The molecule has 0 aromatic carbocycles. The molecule has 0 bridgehead atoms. The van der Waals surface area contributed by atoms with Crippen LogP contribution in [0.25, 0.3) is 0 Å². The van der Waals surface area contributed by atoms with Crippen LogP contribution >= 0.6 is 0 Å². The summed E-state index contributed by atoms with van der Waals surface area (Å²) in [5.41, 5.74) is 0.173. The zero-order valence-corrected chi connectivity index (χ0v) is 12.2. The fourth-order valence-electron chi connectivity index (χ4n) is 1.77. The molecule has 0 spiro atoms. The van der Waals surface area contributed by atoms with E-state index < -0.39 is 0 Å². The lowest BCUT2D eigenvalue weighted by atomic mass is 9.82. The monoisotopic (exact) mass is 230 g/mol. The number of hydrogen-bond donors (Lipinski definition) is 0. The topological polar surface area (TPSA) is 26.3 Å². The Morgan fingerprint density at radius 1 is 1.25 bits per heavy atom. The van der Waals surface area contributed by atoms with Crippen LogP contribution in [0.4, 0.5) is 0 Å². The van der Waals surface area contributed by atoms with E-state index in [1.165, 1.54) is 0 Å². The van der Waals surface area contributed by atoms with Crippen LogP contribution in [-0.4, -0.2) is 12.6 Å². The van der Waals surface area contributed by atoms with Crippen molar-refractivity contribution < 1.29 is 9.53 Å². The van der Waals surface area contributed by atoms with E-state index in [4.69, 9.17) is 4.74 Å². The van der Waals surface area contributed by atoms with E-state index in [1.54, 1.807) is 0 Å². The van der Waals surface area contributed by atoms with Gasteiger partial charge in [0.15, 0.2) is 0 Å². The average molecular weight is 230 g/mol. The van der Waals surface area contributed by atoms with Gasteiger partial charge in [-0.25, -0.2) is 0 Å². The molecule has 0 aromatic rings.